The fourth-order valence-corrected chi connectivity index (χ4v) is 2.39. The van der Waals surface area contributed by atoms with Gasteiger partial charge in [0.15, 0.2) is 0 Å². The first-order valence-corrected chi connectivity index (χ1v) is 6.97. The average molecular weight is 276 g/mol. The van der Waals surface area contributed by atoms with Gasteiger partial charge in [0.05, 0.1) is 18.2 Å². The van der Waals surface area contributed by atoms with Gasteiger partial charge in [0.2, 0.25) is 11.8 Å². The number of hydrogen-bond donors (Lipinski definition) is 1. The SMILES string of the molecule is CCNC(=O)[C@H]1CC(=O)N(c2ccccc2OCC)C1. The summed E-state index contributed by atoms with van der Waals surface area (Å²) < 4.78 is 5.55. The van der Waals surface area contributed by atoms with Gasteiger partial charge >= 0.3 is 0 Å². The summed E-state index contributed by atoms with van der Waals surface area (Å²) in [5, 5.41) is 2.77. The second-order valence-corrected chi connectivity index (χ2v) is 4.70. The Kier molecular flexibility index (Phi) is 4.61. The molecule has 2 amide bonds. The first-order chi connectivity index (χ1) is 9.67. The third kappa shape index (κ3) is 2.92. The second-order valence-electron chi connectivity index (χ2n) is 4.70. The number of nitrogens with zero attached hydrogens (tertiary/aromatic N) is 1. The van der Waals surface area contributed by atoms with Crippen LogP contribution in [0.25, 0.3) is 0 Å². The molecule has 0 spiro atoms. The normalized spacial score (nSPS) is 18.2. The van der Waals surface area contributed by atoms with E-state index in [0.29, 0.717) is 25.4 Å². The molecular weight excluding hydrogens is 256 g/mol. The Bertz CT molecular complexity index is 502. The van der Waals surface area contributed by atoms with Crippen LogP contribution in [0.1, 0.15) is 20.3 Å². The summed E-state index contributed by atoms with van der Waals surface area (Å²) in [4.78, 5) is 25.6. The van der Waals surface area contributed by atoms with Crippen LogP contribution in [0.2, 0.25) is 0 Å². The van der Waals surface area contributed by atoms with E-state index < -0.39 is 0 Å². The molecule has 0 unspecified atom stereocenters. The number of anilines is 1. The van der Waals surface area contributed by atoms with E-state index in [2.05, 4.69) is 5.32 Å². The molecule has 0 aliphatic carbocycles. The Labute approximate surface area is 118 Å². The molecule has 1 fully saturated rings. The highest BCUT2D eigenvalue weighted by molar-refractivity contribution is 6.01. The molecule has 20 heavy (non-hydrogen) atoms. The van der Waals surface area contributed by atoms with E-state index in [1.54, 1.807) is 4.90 Å². The summed E-state index contributed by atoms with van der Waals surface area (Å²) in [7, 11) is 0. The first kappa shape index (κ1) is 14.4. The molecule has 1 atom stereocenters. The maximum atomic E-state index is 12.1. The van der Waals surface area contributed by atoms with E-state index >= 15 is 0 Å². The quantitative estimate of drug-likeness (QED) is 0.888. The lowest BCUT2D eigenvalue weighted by Gasteiger charge is -2.20. The number of carbonyl (C=O) groups is 2. The number of amides is 2. The number of nitrogens with one attached hydrogen (secondary N) is 1. The molecule has 0 radical (unpaired) electrons. The lowest BCUT2D eigenvalue weighted by atomic mass is 10.1. The van der Waals surface area contributed by atoms with Gasteiger partial charge in [0.25, 0.3) is 0 Å². The number of ether oxygens (including phenoxy) is 1. The molecule has 1 saturated heterocycles. The van der Waals surface area contributed by atoms with E-state index in [9.17, 15) is 9.59 Å². The van der Waals surface area contributed by atoms with Gasteiger partial charge in [-0.15, -0.1) is 0 Å². The van der Waals surface area contributed by atoms with Crippen LogP contribution in [0.5, 0.6) is 5.75 Å². The fourth-order valence-electron chi connectivity index (χ4n) is 2.39. The summed E-state index contributed by atoms with van der Waals surface area (Å²) in [6, 6.07) is 7.43. The zero-order valence-electron chi connectivity index (χ0n) is 11.9. The number of rotatable bonds is 5. The van der Waals surface area contributed by atoms with Crippen molar-refractivity contribution in [2.45, 2.75) is 20.3 Å². The van der Waals surface area contributed by atoms with Crippen LogP contribution in [0, 0.1) is 5.92 Å². The first-order valence-electron chi connectivity index (χ1n) is 6.97. The van der Waals surface area contributed by atoms with Crippen molar-refractivity contribution in [1.82, 2.24) is 5.32 Å². The Balaban J connectivity index is 2.17. The van der Waals surface area contributed by atoms with Crippen molar-refractivity contribution in [3.8, 4) is 5.75 Å². The minimum atomic E-state index is -0.280. The van der Waals surface area contributed by atoms with Crippen molar-refractivity contribution in [3.05, 3.63) is 24.3 Å². The van der Waals surface area contributed by atoms with Crippen LogP contribution < -0.4 is 15.0 Å². The van der Waals surface area contributed by atoms with E-state index in [1.807, 2.05) is 38.1 Å². The Morgan fingerprint density at radius 1 is 1.40 bits per heavy atom. The van der Waals surface area contributed by atoms with Crippen molar-refractivity contribution >= 4 is 17.5 Å². The Hall–Kier alpha value is -2.04. The predicted octanol–water partition coefficient (Wildman–Crippen LogP) is 1.57. The zero-order valence-corrected chi connectivity index (χ0v) is 11.9. The molecule has 1 aromatic carbocycles. The van der Waals surface area contributed by atoms with Crippen molar-refractivity contribution in [3.63, 3.8) is 0 Å². The number of para-hydroxylation sites is 2. The van der Waals surface area contributed by atoms with Crippen molar-refractivity contribution in [2.75, 3.05) is 24.6 Å². The number of benzene rings is 1. The highest BCUT2D eigenvalue weighted by Crippen LogP contribution is 2.32. The standard InChI is InChI=1S/C15H20N2O3/c1-3-16-15(19)11-9-14(18)17(10-11)12-7-5-6-8-13(12)20-4-2/h5-8,11H,3-4,9-10H2,1-2H3,(H,16,19)/t11-/m0/s1. The third-order valence-electron chi connectivity index (χ3n) is 3.30. The average Bonchev–Trinajstić information content (AvgIpc) is 2.82. The van der Waals surface area contributed by atoms with E-state index in [4.69, 9.17) is 4.74 Å². The minimum Gasteiger partial charge on any atom is -0.492 e. The van der Waals surface area contributed by atoms with Crippen LogP contribution in [0.3, 0.4) is 0 Å². The Morgan fingerprint density at radius 2 is 2.15 bits per heavy atom. The van der Waals surface area contributed by atoms with Crippen LogP contribution in [0.15, 0.2) is 24.3 Å². The van der Waals surface area contributed by atoms with E-state index in [-0.39, 0.29) is 24.2 Å². The molecule has 5 heteroatoms. The molecule has 1 heterocycles. The molecule has 0 saturated carbocycles. The summed E-state index contributed by atoms with van der Waals surface area (Å²) in [6.45, 7) is 5.31. The minimum absolute atomic E-state index is 0.0339. The zero-order chi connectivity index (χ0) is 14.5. The van der Waals surface area contributed by atoms with Gasteiger partial charge in [-0.25, -0.2) is 0 Å². The smallest absolute Gasteiger partial charge is 0.227 e. The molecule has 0 bridgehead atoms. The number of carbonyl (C=O) groups excluding carboxylic acids is 2. The van der Waals surface area contributed by atoms with Gasteiger partial charge < -0.3 is 15.0 Å². The fraction of sp³-hybridized carbons (Fsp3) is 0.467. The molecule has 1 aromatic rings. The third-order valence-corrected chi connectivity index (χ3v) is 3.30. The largest absolute Gasteiger partial charge is 0.492 e. The van der Waals surface area contributed by atoms with Crippen LogP contribution in [-0.2, 0) is 9.59 Å². The van der Waals surface area contributed by atoms with Crippen LogP contribution in [-0.4, -0.2) is 31.5 Å². The molecular formula is C15H20N2O3. The molecule has 0 aromatic heterocycles. The topological polar surface area (TPSA) is 58.6 Å². The van der Waals surface area contributed by atoms with Crippen molar-refractivity contribution in [1.29, 1.82) is 0 Å². The lowest BCUT2D eigenvalue weighted by molar-refractivity contribution is -0.126. The number of hydrogen-bond acceptors (Lipinski definition) is 3. The Morgan fingerprint density at radius 3 is 2.85 bits per heavy atom. The predicted molar refractivity (Wildman–Crippen MR) is 76.8 cm³/mol. The maximum Gasteiger partial charge on any atom is 0.227 e. The highest BCUT2D eigenvalue weighted by Gasteiger charge is 2.35. The van der Waals surface area contributed by atoms with Crippen LogP contribution >= 0.6 is 0 Å². The summed E-state index contributed by atoms with van der Waals surface area (Å²) in [5.41, 5.74) is 0.742. The summed E-state index contributed by atoms with van der Waals surface area (Å²) in [6.07, 6.45) is 0.256. The monoisotopic (exact) mass is 276 g/mol. The lowest BCUT2D eigenvalue weighted by Crippen LogP contribution is -2.32. The van der Waals surface area contributed by atoms with E-state index in [1.165, 1.54) is 0 Å². The van der Waals surface area contributed by atoms with Gasteiger partial charge in [0, 0.05) is 19.5 Å². The van der Waals surface area contributed by atoms with Crippen molar-refractivity contribution < 1.29 is 14.3 Å². The van der Waals surface area contributed by atoms with Crippen molar-refractivity contribution in [2.24, 2.45) is 5.92 Å². The van der Waals surface area contributed by atoms with Gasteiger partial charge in [-0.1, -0.05) is 12.1 Å². The van der Waals surface area contributed by atoms with Gasteiger partial charge in [0.1, 0.15) is 5.75 Å². The molecule has 1 aliphatic heterocycles. The molecule has 1 aliphatic rings. The van der Waals surface area contributed by atoms with Gasteiger partial charge in [-0.3, -0.25) is 9.59 Å². The van der Waals surface area contributed by atoms with E-state index in [0.717, 1.165) is 5.69 Å². The molecule has 1 N–H and O–H groups in total. The van der Waals surface area contributed by atoms with Crippen LogP contribution in [0.4, 0.5) is 5.69 Å². The molecule has 5 nitrogen and oxygen atoms in total. The summed E-state index contributed by atoms with van der Waals surface area (Å²) >= 11 is 0. The molecule has 2 rings (SSSR count). The molecule has 108 valence electrons. The summed E-state index contributed by atoms with van der Waals surface area (Å²) in [5.74, 6) is 0.308. The maximum absolute atomic E-state index is 12.1. The van der Waals surface area contributed by atoms with Gasteiger partial charge in [-0.2, -0.15) is 0 Å². The highest BCUT2D eigenvalue weighted by atomic mass is 16.5. The van der Waals surface area contributed by atoms with Gasteiger partial charge in [-0.05, 0) is 26.0 Å². The second kappa shape index (κ2) is 6.41.